The van der Waals surface area contributed by atoms with E-state index >= 15 is 0 Å². The smallest absolute Gasteiger partial charge is 0.280 e. The van der Waals surface area contributed by atoms with Crippen LogP contribution in [-0.4, -0.2) is 28.4 Å². The molecule has 1 heterocycles. The van der Waals surface area contributed by atoms with Crippen LogP contribution in [-0.2, 0) is 0 Å². The number of unbranched alkanes of at least 4 members (excludes halogenated alkanes) is 2. The third kappa shape index (κ3) is 6.68. The fourth-order valence-electron chi connectivity index (χ4n) is 1.86. The van der Waals surface area contributed by atoms with E-state index in [-0.39, 0.29) is 28.4 Å². The summed E-state index contributed by atoms with van der Waals surface area (Å²) in [4.78, 5) is 23.6. The number of anilines is 2. The average Bonchev–Trinajstić information content (AvgIpc) is 2.46. The second kappa shape index (κ2) is 9.14. The Bertz CT molecular complexity index is 574. The van der Waals surface area contributed by atoms with Gasteiger partial charge in [-0.25, -0.2) is 9.97 Å². The molecule has 0 saturated carbocycles. The number of nitrogens with one attached hydrogen (secondary N) is 1. The normalized spacial score (nSPS) is 11.7. The molecule has 0 unspecified atom stereocenters. The Morgan fingerprint density at radius 2 is 1.91 bits per heavy atom. The zero-order valence-corrected chi connectivity index (χ0v) is 14.2. The predicted molar refractivity (Wildman–Crippen MR) is 93.1 cm³/mol. The number of aliphatic imine (C=N–C) groups is 1. The average molecular weight is 342 g/mol. The molecule has 128 valence electrons. The van der Waals surface area contributed by atoms with Gasteiger partial charge in [-0.05, 0) is 12.3 Å². The van der Waals surface area contributed by atoms with Gasteiger partial charge in [0.25, 0.3) is 5.91 Å². The molecule has 0 radical (unpaired) electrons. The lowest BCUT2D eigenvalue weighted by Crippen LogP contribution is -2.38. The number of aromatic nitrogens is 2. The number of guanidine groups is 1. The summed E-state index contributed by atoms with van der Waals surface area (Å²) in [5.41, 5.74) is 16.6. The van der Waals surface area contributed by atoms with Crippen LogP contribution in [0, 0.1) is 5.92 Å². The molecule has 1 aromatic heterocycles. The molecule has 0 aliphatic carbocycles. The van der Waals surface area contributed by atoms with Gasteiger partial charge in [0.1, 0.15) is 0 Å². The quantitative estimate of drug-likeness (QED) is 0.336. The highest BCUT2D eigenvalue weighted by Crippen LogP contribution is 2.17. The maximum absolute atomic E-state index is 12.0. The molecule has 1 amide bonds. The minimum Gasteiger partial charge on any atom is -0.382 e. The first-order valence-electron chi connectivity index (χ1n) is 7.51. The zero-order chi connectivity index (χ0) is 17.4. The summed E-state index contributed by atoms with van der Waals surface area (Å²) in [6, 6.07) is 0. The number of halogens is 1. The van der Waals surface area contributed by atoms with Crippen molar-refractivity contribution in [2.45, 2.75) is 39.5 Å². The van der Waals surface area contributed by atoms with E-state index in [4.69, 9.17) is 28.8 Å². The fraction of sp³-hybridized carbons (Fsp3) is 0.571. The molecule has 7 N–H and O–H groups in total. The first-order chi connectivity index (χ1) is 10.8. The first-order valence-corrected chi connectivity index (χ1v) is 7.88. The van der Waals surface area contributed by atoms with E-state index < -0.39 is 5.91 Å². The summed E-state index contributed by atoms with van der Waals surface area (Å²) >= 11 is 5.73. The zero-order valence-electron chi connectivity index (χ0n) is 13.5. The number of nitrogens with two attached hydrogens (primary N) is 3. The molecule has 0 saturated heterocycles. The molecule has 23 heavy (non-hydrogen) atoms. The number of amides is 1. The Hall–Kier alpha value is -2.09. The number of hydrogen-bond acceptors (Lipinski definition) is 6. The van der Waals surface area contributed by atoms with Crippen molar-refractivity contribution < 1.29 is 4.79 Å². The van der Waals surface area contributed by atoms with Gasteiger partial charge in [0, 0.05) is 6.54 Å². The Kier molecular flexibility index (Phi) is 7.53. The van der Waals surface area contributed by atoms with E-state index in [0.717, 1.165) is 19.3 Å². The van der Waals surface area contributed by atoms with Crippen molar-refractivity contribution in [1.82, 2.24) is 15.3 Å². The maximum atomic E-state index is 12.0. The lowest BCUT2D eigenvalue weighted by molar-refractivity contribution is 0.0972. The summed E-state index contributed by atoms with van der Waals surface area (Å²) in [6.07, 6.45) is 4.36. The first kappa shape index (κ1) is 19.0. The molecule has 0 fully saturated rings. The number of hydrogen-bond donors (Lipinski definition) is 4. The molecule has 1 rings (SSSR count). The second-order valence-corrected chi connectivity index (χ2v) is 5.96. The Morgan fingerprint density at radius 3 is 2.57 bits per heavy atom. The van der Waals surface area contributed by atoms with Crippen molar-refractivity contribution in [3.05, 3.63) is 10.8 Å². The van der Waals surface area contributed by atoms with Crippen molar-refractivity contribution in [2.24, 2.45) is 16.6 Å². The Balaban J connectivity index is 2.47. The van der Waals surface area contributed by atoms with Crippen LogP contribution in [0.4, 0.5) is 11.6 Å². The number of carbonyl (C=O) groups excluding carboxylic acids is 1. The van der Waals surface area contributed by atoms with Crippen molar-refractivity contribution in [2.75, 3.05) is 18.0 Å². The van der Waals surface area contributed by atoms with E-state index in [1.807, 2.05) is 0 Å². The van der Waals surface area contributed by atoms with E-state index in [0.29, 0.717) is 12.5 Å². The van der Waals surface area contributed by atoms with E-state index in [9.17, 15) is 4.79 Å². The van der Waals surface area contributed by atoms with Crippen LogP contribution in [0.2, 0.25) is 5.15 Å². The molecular formula is C14H24ClN7O. The van der Waals surface area contributed by atoms with Crippen molar-refractivity contribution >= 4 is 35.1 Å². The molecule has 9 heteroatoms. The van der Waals surface area contributed by atoms with Gasteiger partial charge in [0.05, 0.1) is 0 Å². The number of nitrogen functional groups attached to an aromatic ring is 2. The third-order valence-corrected chi connectivity index (χ3v) is 3.36. The maximum Gasteiger partial charge on any atom is 0.280 e. The molecule has 0 atom stereocenters. The molecular weight excluding hydrogens is 318 g/mol. The molecule has 0 spiro atoms. The van der Waals surface area contributed by atoms with Gasteiger partial charge >= 0.3 is 0 Å². The van der Waals surface area contributed by atoms with Gasteiger partial charge in [0.15, 0.2) is 28.4 Å². The molecule has 0 aliphatic rings. The highest BCUT2D eigenvalue weighted by molar-refractivity contribution is 6.31. The molecule has 0 aliphatic heterocycles. The van der Waals surface area contributed by atoms with Gasteiger partial charge < -0.3 is 17.2 Å². The number of carbonyl (C=O) groups is 1. The van der Waals surface area contributed by atoms with Gasteiger partial charge in [-0.3, -0.25) is 15.1 Å². The highest BCUT2D eigenvalue weighted by atomic mass is 35.5. The van der Waals surface area contributed by atoms with Crippen LogP contribution in [0.25, 0.3) is 0 Å². The molecule has 1 aromatic rings. The SMILES string of the molecule is CC(C)CCCCCN=C(N)NC(=O)c1nc(Cl)c(N)nc1N. The van der Waals surface area contributed by atoms with Crippen LogP contribution >= 0.6 is 11.6 Å². The van der Waals surface area contributed by atoms with Crippen molar-refractivity contribution in [1.29, 1.82) is 0 Å². The van der Waals surface area contributed by atoms with Gasteiger partial charge in [-0.1, -0.05) is 44.7 Å². The van der Waals surface area contributed by atoms with Gasteiger partial charge in [-0.15, -0.1) is 0 Å². The summed E-state index contributed by atoms with van der Waals surface area (Å²) in [6.45, 7) is 4.95. The Morgan fingerprint density at radius 1 is 1.22 bits per heavy atom. The number of nitrogens with zero attached hydrogens (tertiary/aromatic N) is 3. The lowest BCUT2D eigenvalue weighted by Gasteiger charge is -2.07. The largest absolute Gasteiger partial charge is 0.382 e. The summed E-state index contributed by atoms with van der Waals surface area (Å²) in [5, 5.41) is 2.31. The standard InChI is InChI=1S/C14H24ClN7O/c1-8(2)6-4-3-5-7-19-14(18)22-13(23)9-11(16)21-12(17)10(15)20-9/h8H,3-7H2,1-2H3,(H4,16,17,21)(H3,18,19,22,23). The lowest BCUT2D eigenvalue weighted by atomic mass is 10.1. The molecule has 8 nitrogen and oxygen atoms in total. The summed E-state index contributed by atoms with van der Waals surface area (Å²) in [7, 11) is 0. The van der Waals surface area contributed by atoms with Crippen LogP contribution < -0.4 is 22.5 Å². The summed E-state index contributed by atoms with van der Waals surface area (Å²) < 4.78 is 0. The van der Waals surface area contributed by atoms with Crippen LogP contribution in [0.15, 0.2) is 4.99 Å². The minimum absolute atomic E-state index is 0.00741. The summed E-state index contributed by atoms with van der Waals surface area (Å²) in [5.74, 6) is -0.0678. The van der Waals surface area contributed by atoms with Gasteiger partial charge in [-0.2, -0.15) is 0 Å². The van der Waals surface area contributed by atoms with Crippen LogP contribution in [0.1, 0.15) is 50.0 Å². The van der Waals surface area contributed by atoms with Crippen molar-refractivity contribution in [3.63, 3.8) is 0 Å². The molecule has 0 aromatic carbocycles. The van der Waals surface area contributed by atoms with Crippen LogP contribution in [0.3, 0.4) is 0 Å². The number of rotatable bonds is 7. The van der Waals surface area contributed by atoms with Gasteiger partial charge in [0.2, 0.25) is 0 Å². The minimum atomic E-state index is -0.627. The van der Waals surface area contributed by atoms with E-state index in [1.165, 1.54) is 6.42 Å². The van der Waals surface area contributed by atoms with Crippen molar-refractivity contribution in [3.8, 4) is 0 Å². The van der Waals surface area contributed by atoms with E-state index in [2.05, 4.69) is 34.1 Å². The third-order valence-electron chi connectivity index (χ3n) is 3.08. The van der Waals surface area contributed by atoms with Crippen LogP contribution in [0.5, 0.6) is 0 Å². The van der Waals surface area contributed by atoms with E-state index in [1.54, 1.807) is 0 Å². The highest BCUT2D eigenvalue weighted by Gasteiger charge is 2.16. The topological polar surface area (TPSA) is 145 Å². The molecule has 0 bridgehead atoms. The fourth-order valence-corrected chi connectivity index (χ4v) is 1.99. The second-order valence-electron chi connectivity index (χ2n) is 5.60. The Labute approximate surface area is 140 Å². The predicted octanol–water partition coefficient (Wildman–Crippen LogP) is 1.56. The monoisotopic (exact) mass is 341 g/mol.